The molecule has 2 fully saturated rings. The lowest BCUT2D eigenvalue weighted by Crippen LogP contribution is -2.41. The predicted molar refractivity (Wildman–Crippen MR) is 327 cm³/mol. The van der Waals surface area contributed by atoms with Crippen LogP contribution >= 0.6 is 0 Å². The van der Waals surface area contributed by atoms with Crippen molar-refractivity contribution in [1.29, 1.82) is 0 Å². The van der Waals surface area contributed by atoms with Crippen LogP contribution in [0, 0.1) is 23.7 Å². The van der Waals surface area contributed by atoms with Gasteiger partial charge in [-0.2, -0.15) is 0 Å². The van der Waals surface area contributed by atoms with Crippen molar-refractivity contribution in [3.63, 3.8) is 0 Å². The highest BCUT2D eigenvalue weighted by molar-refractivity contribution is 6.74. The van der Waals surface area contributed by atoms with Crippen LogP contribution in [0.2, 0.25) is 18.1 Å². The van der Waals surface area contributed by atoms with Gasteiger partial charge in [0.1, 0.15) is 36.9 Å². The summed E-state index contributed by atoms with van der Waals surface area (Å²) in [6, 6.07) is 32.4. The molecular weight excluding hydrogens is 997 g/mol. The molecule has 2 heterocycles. The molecule has 2 aliphatic heterocycles. The Bertz CT molecular complexity index is 2450. The normalized spacial score (nSPS) is 17.0. The minimum Gasteiger partial charge on any atom is -0.489 e. The topological polar surface area (TPSA) is 84.8 Å². The molecule has 8 nitrogen and oxygen atoms in total. The highest BCUT2D eigenvalue weighted by Gasteiger charge is 2.40. The van der Waals surface area contributed by atoms with Gasteiger partial charge in [-0.15, -0.1) is 25.0 Å². The second-order valence-corrected chi connectivity index (χ2v) is 27.4. The van der Waals surface area contributed by atoms with E-state index in [0.29, 0.717) is 32.5 Å². The minimum absolute atomic E-state index is 0.0607. The third-order valence-electron chi connectivity index (χ3n) is 15.2. The Morgan fingerprint density at radius 2 is 1.08 bits per heavy atom. The average molecular weight is 1100 g/mol. The van der Waals surface area contributed by atoms with E-state index in [9.17, 15) is 5.11 Å². The van der Waals surface area contributed by atoms with Crippen LogP contribution in [0.5, 0.6) is 11.5 Å². The summed E-state index contributed by atoms with van der Waals surface area (Å²) in [6.07, 6.45) is 23.1. The molecule has 1 N–H and O–H groups in total. The number of rotatable bonds is 30. The lowest BCUT2D eigenvalue weighted by Gasteiger charge is -2.38. The molecule has 0 amide bonds. The zero-order valence-corrected chi connectivity index (χ0v) is 50.5. The highest BCUT2D eigenvalue weighted by atomic mass is 28.4. The SMILES string of the molecule is C=CCc1c(OCc2ccccc2)cccc1[C@@H](O)C#CCC[C@H](CCCCC)OC1CCCCO1.C=CCc1c(OCc2ccccc2)cccc1[C@H](C#CCC[C@H](CCCCC)OC1CCCCO1)O[Si](C)(C)C(C)(C)C. The Morgan fingerprint density at radius 1 is 0.608 bits per heavy atom. The number of allylic oxidation sites excluding steroid dienone is 2. The molecule has 2 aliphatic rings. The molecule has 0 aromatic heterocycles. The van der Waals surface area contributed by atoms with Crippen LogP contribution in [0.4, 0.5) is 0 Å². The van der Waals surface area contributed by atoms with E-state index in [4.69, 9.17) is 32.8 Å². The van der Waals surface area contributed by atoms with Gasteiger partial charge in [-0.25, -0.2) is 0 Å². The van der Waals surface area contributed by atoms with Crippen LogP contribution in [0.3, 0.4) is 0 Å². The van der Waals surface area contributed by atoms with Gasteiger partial charge in [-0.3, -0.25) is 0 Å². The van der Waals surface area contributed by atoms with Crippen LogP contribution in [0.15, 0.2) is 122 Å². The van der Waals surface area contributed by atoms with Gasteiger partial charge in [0, 0.05) is 37.2 Å². The first-order valence-corrected chi connectivity index (χ1v) is 32.9. The van der Waals surface area contributed by atoms with E-state index in [-0.39, 0.29) is 35.9 Å². The van der Waals surface area contributed by atoms with E-state index >= 15 is 0 Å². The van der Waals surface area contributed by atoms with Crippen LogP contribution in [-0.2, 0) is 49.4 Å². The molecule has 2 unspecified atom stereocenters. The largest absolute Gasteiger partial charge is 0.489 e. The second-order valence-electron chi connectivity index (χ2n) is 22.7. The highest BCUT2D eigenvalue weighted by Crippen LogP contribution is 2.41. The predicted octanol–water partition coefficient (Wildman–Crippen LogP) is 17.6. The fourth-order valence-corrected chi connectivity index (χ4v) is 10.7. The number of benzene rings is 4. The molecule has 9 heteroatoms. The van der Waals surface area contributed by atoms with Crippen molar-refractivity contribution in [1.82, 2.24) is 0 Å². The fraction of sp³-hybridized carbons (Fsp3) is 0.543. The van der Waals surface area contributed by atoms with E-state index < -0.39 is 14.4 Å². The molecule has 0 aliphatic carbocycles. The Balaban J connectivity index is 0.000000295. The standard InChI is InChI=1S/C38H56O4Si.C32H42O4/c1-8-10-12-23-32(41-37-28-17-18-29-39-37)24-15-16-26-36(42-43(6,7)38(3,4)5)34-25-19-27-35(33(34)20-9-2)40-30-31-21-13-11-14-22-31;1-3-5-7-18-27(36-32-23-12-13-24-34-32)19-10-11-21-30(33)28-20-14-22-31(29(28)15-4-2)35-25-26-16-8-6-9-17-26/h9,11,13-14,19,21-22,25,27,32,36-37H,2,8,10,12,15,17-18,20,23-24,28-30H2,1,3-7H3;4,6,8-9,14,16-17,20,22,27,30,32-33H,2-3,5,7,10,12-13,15,18-19,23-25H2,1H3/t32-,36-,37?;27-,30-,32?/m00/s1. The van der Waals surface area contributed by atoms with Gasteiger partial charge >= 0.3 is 0 Å². The van der Waals surface area contributed by atoms with Crippen molar-refractivity contribution in [3.05, 3.63) is 156 Å². The van der Waals surface area contributed by atoms with E-state index in [2.05, 4.69) is 109 Å². The molecular formula is C70H98O8Si. The van der Waals surface area contributed by atoms with Crippen molar-refractivity contribution in [3.8, 4) is 35.2 Å². The molecule has 6 rings (SSSR count). The lowest BCUT2D eigenvalue weighted by atomic mass is 9.98. The molecule has 79 heavy (non-hydrogen) atoms. The molecule has 0 radical (unpaired) electrons. The Hall–Kier alpha value is -4.94. The summed E-state index contributed by atoms with van der Waals surface area (Å²) >= 11 is 0. The first-order valence-electron chi connectivity index (χ1n) is 30.0. The zero-order chi connectivity index (χ0) is 56.6. The van der Waals surface area contributed by atoms with E-state index in [1.807, 2.05) is 84.9 Å². The maximum absolute atomic E-state index is 10.9. The maximum atomic E-state index is 10.9. The number of aliphatic hydroxyl groups excluding tert-OH is 1. The number of unbranched alkanes of at least 4 members (excludes halogenated alkanes) is 4. The van der Waals surface area contributed by atoms with Gasteiger partial charge in [-0.1, -0.05) is 182 Å². The van der Waals surface area contributed by atoms with Gasteiger partial charge in [0.05, 0.1) is 12.2 Å². The summed E-state index contributed by atoms with van der Waals surface area (Å²) in [5, 5.41) is 11.0. The fourth-order valence-electron chi connectivity index (χ4n) is 9.52. The molecule has 0 spiro atoms. The lowest BCUT2D eigenvalue weighted by molar-refractivity contribution is -0.190. The van der Waals surface area contributed by atoms with Crippen molar-refractivity contribution in [2.45, 2.75) is 231 Å². The number of aliphatic hydroxyl groups is 1. The van der Waals surface area contributed by atoms with Crippen LogP contribution in [-0.4, -0.2) is 51.4 Å². The smallest absolute Gasteiger partial charge is 0.194 e. The first-order chi connectivity index (χ1) is 38.3. The van der Waals surface area contributed by atoms with Gasteiger partial charge < -0.3 is 38.0 Å². The summed E-state index contributed by atoms with van der Waals surface area (Å²) in [5.74, 6) is 15.0. The Labute approximate surface area is 479 Å². The average Bonchev–Trinajstić information content (AvgIpc) is 3.48. The maximum Gasteiger partial charge on any atom is 0.194 e. The number of hydrogen-bond acceptors (Lipinski definition) is 8. The molecule has 0 bridgehead atoms. The quantitative estimate of drug-likeness (QED) is 0.0239. The second kappa shape index (κ2) is 36.4. The van der Waals surface area contributed by atoms with Crippen molar-refractivity contribution >= 4 is 8.32 Å². The Morgan fingerprint density at radius 3 is 1.52 bits per heavy atom. The van der Waals surface area contributed by atoms with E-state index in [0.717, 1.165) is 122 Å². The molecule has 430 valence electrons. The molecule has 4 aromatic rings. The van der Waals surface area contributed by atoms with Crippen molar-refractivity contribution < 1.29 is 38.0 Å². The number of ether oxygens (including phenoxy) is 6. The van der Waals surface area contributed by atoms with Crippen LogP contribution < -0.4 is 9.47 Å². The summed E-state index contributed by atoms with van der Waals surface area (Å²) in [5.41, 5.74) is 6.12. The number of hydrogen-bond donors (Lipinski definition) is 1. The van der Waals surface area contributed by atoms with Crippen LogP contribution in [0.25, 0.3) is 0 Å². The zero-order valence-electron chi connectivity index (χ0n) is 49.5. The van der Waals surface area contributed by atoms with Gasteiger partial charge in [0.25, 0.3) is 0 Å². The molecule has 2 saturated heterocycles. The van der Waals surface area contributed by atoms with Crippen LogP contribution in [0.1, 0.15) is 196 Å². The molecule has 4 aromatic carbocycles. The molecule has 0 saturated carbocycles. The molecule has 6 atom stereocenters. The summed E-state index contributed by atoms with van der Waals surface area (Å²) in [4.78, 5) is 0. The first kappa shape index (κ1) is 64.9. The van der Waals surface area contributed by atoms with Gasteiger partial charge in [0.2, 0.25) is 0 Å². The van der Waals surface area contributed by atoms with E-state index in [1.54, 1.807) is 0 Å². The third kappa shape index (κ3) is 23.6. The summed E-state index contributed by atoms with van der Waals surface area (Å²) < 4.78 is 43.9. The Kier molecular flexibility index (Phi) is 29.9. The summed E-state index contributed by atoms with van der Waals surface area (Å²) in [7, 11) is -2.13. The minimum atomic E-state index is -2.13. The van der Waals surface area contributed by atoms with Crippen molar-refractivity contribution in [2.24, 2.45) is 0 Å². The van der Waals surface area contributed by atoms with Gasteiger partial charge in [0.15, 0.2) is 20.9 Å². The third-order valence-corrected chi connectivity index (χ3v) is 19.6. The van der Waals surface area contributed by atoms with Crippen molar-refractivity contribution in [2.75, 3.05) is 13.2 Å². The van der Waals surface area contributed by atoms with E-state index in [1.165, 1.54) is 44.9 Å². The monoisotopic (exact) mass is 1090 g/mol. The summed E-state index contributed by atoms with van der Waals surface area (Å²) in [6.45, 7) is 26.4. The van der Waals surface area contributed by atoms with Gasteiger partial charge in [-0.05, 0) is 130 Å².